The standard InChI is InChI=1S/C32H29F5N6O8S/c1-31(2,3)29(48)39-17-6-8-18(9-7-17)52(50,51)41-22-13-20(33)19(12-21(22)34)27(45)40-23(28(46)47)11-16-5-10-25(38-15-16)43-26(44)14-24(32(35,36)37)42(4)30(43)49/h5-10,12-15,23,41H,11H2,1-4H3,(H,39,48)(H,40,45)(H,46,47)/t23-/m0/s1. The molecule has 2 heterocycles. The van der Waals surface area contributed by atoms with Gasteiger partial charge in [-0.15, -0.1) is 0 Å². The van der Waals surface area contributed by atoms with Gasteiger partial charge in [0.1, 0.15) is 29.2 Å². The Bertz CT molecular complexity index is 2280. The molecule has 52 heavy (non-hydrogen) atoms. The molecule has 0 saturated heterocycles. The number of amides is 2. The van der Waals surface area contributed by atoms with Gasteiger partial charge in [-0.2, -0.15) is 13.2 Å². The fraction of sp³-hybridized carbons (Fsp3) is 0.250. The fourth-order valence-corrected chi connectivity index (χ4v) is 5.55. The van der Waals surface area contributed by atoms with E-state index in [-0.39, 0.29) is 32.7 Å². The van der Waals surface area contributed by atoms with Crippen LogP contribution in [-0.4, -0.2) is 51.5 Å². The van der Waals surface area contributed by atoms with Crippen LogP contribution in [0, 0.1) is 17.0 Å². The van der Waals surface area contributed by atoms with Gasteiger partial charge in [-0.25, -0.2) is 36.3 Å². The summed E-state index contributed by atoms with van der Waals surface area (Å²) in [6.45, 7) is 5.02. The number of hydrogen-bond acceptors (Lipinski definition) is 8. The number of alkyl halides is 3. The lowest BCUT2D eigenvalue weighted by Crippen LogP contribution is -2.42. The van der Waals surface area contributed by atoms with Gasteiger partial charge in [-0.05, 0) is 42.0 Å². The molecule has 0 saturated carbocycles. The first-order chi connectivity index (χ1) is 24.0. The van der Waals surface area contributed by atoms with E-state index < -0.39 is 91.6 Å². The van der Waals surface area contributed by atoms with Crippen LogP contribution in [-0.2, 0) is 39.3 Å². The summed E-state index contributed by atoms with van der Waals surface area (Å²) < 4.78 is 97.6. The Morgan fingerprint density at radius 2 is 1.58 bits per heavy atom. The van der Waals surface area contributed by atoms with Crippen molar-refractivity contribution in [2.24, 2.45) is 12.5 Å². The SMILES string of the molecule is Cn1c(C(F)(F)F)cc(=O)n(-c2ccc(C[C@H](NC(=O)c3cc(F)c(NS(=O)(=O)c4ccc(NC(=O)C(C)(C)C)cc4)cc3F)C(=O)O)cn2)c1=O. The van der Waals surface area contributed by atoms with Crippen LogP contribution in [0.3, 0.4) is 0 Å². The van der Waals surface area contributed by atoms with Crippen LogP contribution in [0.5, 0.6) is 0 Å². The van der Waals surface area contributed by atoms with E-state index in [9.17, 15) is 55.1 Å². The van der Waals surface area contributed by atoms with E-state index in [1.54, 1.807) is 20.8 Å². The summed E-state index contributed by atoms with van der Waals surface area (Å²) in [6, 6.07) is 6.17. The Labute approximate surface area is 291 Å². The molecular formula is C32H29F5N6O8S. The van der Waals surface area contributed by atoms with Crippen molar-refractivity contribution in [3.8, 4) is 5.82 Å². The average molecular weight is 753 g/mol. The summed E-state index contributed by atoms with van der Waals surface area (Å²) in [5, 5.41) is 14.3. The first-order valence-electron chi connectivity index (χ1n) is 14.8. The van der Waals surface area contributed by atoms with E-state index in [2.05, 4.69) is 10.3 Å². The smallest absolute Gasteiger partial charge is 0.431 e. The number of halogens is 5. The third kappa shape index (κ3) is 8.68. The maximum Gasteiger partial charge on any atom is 0.431 e. The molecule has 4 N–H and O–H groups in total. The molecule has 4 aromatic rings. The fourth-order valence-electron chi connectivity index (χ4n) is 4.49. The number of pyridine rings is 1. The van der Waals surface area contributed by atoms with Gasteiger partial charge in [0.25, 0.3) is 21.5 Å². The second kappa shape index (κ2) is 14.4. The molecule has 0 spiro atoms. The minimum atomic E-state index is -4.99. The van der Waals surface area contributed by atoms with Gasteiger partial charge in [0, 0.05) is 42.9 Å². The molecule has 1 atom stereocenters. The number of carbonyl (C=O) groups is 3. The predicted molar refractivity (Wildman–Crippen MR) is 174 cm³/mol. The summed E-state index contributed by atoms with van der Waals surface area (Å²) in [5.74, 6) is -6.56. The van der Waals surface area contributed by atoms with Crippen molar-refractivity contribution in [1.82, 2.24) is 19.4 Å². The van der Waals surface area contributed by atoms with Gasteiger partial charge in [0.15, 0.2) is 0 Å². The molecule has 20 heteroatoms. The van der Waals surface area contributed by atoms with Crippen LogP contribution < -0.4 is 26.6 Å². The van der Waals surface area contributed by atoms with Crippen molar-refractivity contribution in [3.05, 3.63) is 110 Å². The van der Waals surface area contributed by atoms with E-state index in [1.165, 1.54) is 18.2 Å². The third-order valence-corrected chi connectivity index (χ3v) is 8.72. The highest BCUT2D eigenvalue weighted by Gasteiger charge is 2.35. The summed E-state index contributed by atoms with van der Waals surface area (Å²) in [5.41, 5.74) is -6.41. The molecule has 14 nitrogen and oxygen atoms in total. The number of aromatic nitrogens is 3. The topological polar surface area (TPSA) is 199 Å². The van der Waals surface area contributed by atoms with E-state index in [0.717, 1.165) is 31.4 Å². The lowest BCUT2D eigenvalue weighted by atomic mass is 9.95. The van der Waals surface area contributed by atoms with Crippen LogP contribution in [0.15, 0.2) is 75.3 Å². The van der Waals surface area contributed by atoms with E-state index in [1.807, 2.05) is 10.0 Å². The molecule has 0 aliphatic carbocycles. The Kier molecular flexibility index (Phi) is 10.7. The number of benzene rings is 2. The summed E-state index contributed by atoms with van der Waals surface area (Å²) >= 11 is 0. The van der Waals surface area contributed by atoms with Gasteiger partial charge in [0.05, 0.1) is 16.1 Å². The number of anilines is 2. The zero-order chi connectivity index (χ0) is 38.9. The highest BCUT2D eigenvalue weighted by Crippen LogP contribution is 2.27. The summed E-state index contributed by atoms with van der Waals surface area (Å²) in [4.78, 5) is 65.2. The van der Waals surface area contributed by atoms with Crippen LogP contribution >= 0.6 is 0 Å². The molecule has 0 fully saturated rings. The molecule has 4 rings (SSSR count). The molecule has 2 aromatic carbocycles. The number of sulfonamides is 1. The number of carboxylic acids is 1. The molecule has 0 unspecified atom stereocenters. The van der Waals surface area contributed by atoms with Gasteiger partial charge in [-0.3, -0.25) is 23.7 Å². The number of aliphatic carboxylic acids is 1. The van der Waals surface area contributed by atoms with Crippen LogP contribution in [0.2, 0.25) is 0 Å². The molecule has 2 amide bonds. The van der Waals surface area contributed by atoms with Crippen LogP contribution in [0.4, 0.5) is 33.3 Å². The number of nitrogens with zero attached hydrogens (tertiary/aromatic N) is 3. The van der Waals surface area contributed by atoms with Crippen molar-refractivity contribution in [1.29, 1.82) is 0 Å². The van der Waals surface area contributed by atoms with Crippen molar-refractivity contribution >= 4 is 39.2 Å². The second-order valence-electron chi connectivity index (χ2n) is 12.3. The largest absolute Gasteiger partial charge is 0.480 e. The normalized spacial score (nSPS) is 12.6. The van der Waals surface area contributed by atoms with Crippen molar-refractivity contribution in [3.63, 3.8) is 0 Å². The highest BCUT2D eigenvalue weighted by atomic mass is 32.2. The Hall–Kier alpha value is -5.92. The summed E-state index contributed by atoms with van der Waals surface area (Å²) in [6.07, 6.45) is -4.52. The number of hydrogen-bond donors (Lipinski definition) is 4. The van der Waals surface area contributed by atoms with Crippen molar-refractivity contribution < 1.29 is 49.9 Å². The minimum Gasteiger partial charge on any atom is -0.480 e. The third-order valence-electron chi connectivity index (χ3n) is 7.34. The van der Waals surface area contributed by atoms with Crippen LogP contribution in [0.1, 0.15) is 42.4 Å². The lowest BCUT2D eigenvalue weighted by molar-refractivity contribution is -0.144. The van der Waals surface area contributed by atoms with Crippen LogP contribution in [0.25, 0.3) is 5.82 Å². The Balaban J connectivity index is 1.48. The first-order valence-corrected chi connectivity index (χ1v) is 16.3. The van der Waals surface area contributed by atoms with Gasteiger partial charge >= 0.3 is 17.8 Å². The number of rotatable bonds is 10. The number of nitrogens with one attached hydrogen (secondary N) is 3. The van der Waals surface area contributed by atoms with Gasteiger partial charge in [0.2, 0.25) is 5.91 Å². The van der Waals surface area contributed by atoms with E-state index in [0.29, 0.717) is 16.7 Å². The zero-order valence-electron chi connectivity index (χ0n) is 27.5. The minimum absolute atomic E-state index is 0.0780. The highest BCUT2D eigenvalue weighted by molar-refractivity contribution is 7.92. The molecule has 2 aromatic heterocycles. The molecule has 0 bridgehead atoms. The molecule has 0 aliphatic rings. The lowest BCUT2D eigenvalue weighted by Gasteiger charge is -2.18. The number of carbonyl (C=O) groups excluding carboxylic acids is 2. The maximum atomic E-state index is 15.0. The second-order valence-corrected chi connectivity index (χ2v) is 14.0. The molecule has 0 aliphatic heterocycles. The average Bonchev–Trinajstić information content (AvgIpc) is 3.03. The number of carboxylic acid groups (broad SMARTS) is 1. The van der Waals surface area contributed by atoms with Crippen molar-refractivity contribution in [2.75, 3.05) is 10.0 Å². The Morgan fingerprint density at radius 1 is 0.942 bits per heavy atom. The van der Waals surface area contributed by atoms with Gasteiger partial charge in [-0.1, -0.05) is 26.8 Å². The monoisotopic (exact) mass is 752 g/mol. The molecule has 276 valence electrons. The predicted octanol–water partition coefficient (Wildman–Crippen LogP) is 3.44. The van der Waals surface area contributed by atoms with Gasteiger partial charge < -0.3 is 15.7 Å². The van der Waals surface area contributed by atoms with Crippen molar-refractivity contribution in [2.45, 2.75) is 44.3 Å². The Morgan fingerprint density at radius 3 is 2.12 bits per heavy atom. The van der Waals surface area contributed by atoms with E-state index in [4.69, 9.17) is 0 Å². The molecular weight excluding hydrogens is 723 g/mol. The van der Waals surface area contributed by atoms with E-state index >= 15 is 4.39 Å². The zero-order valence-corrected chi connectivity index (χ0v) is 28.3. The molecule has 0 radical (unpaired) electrons. The maximum absolute atomic E-state index is 15.0. The summed E-state index contributed by atoms with van der Waals surface area (Å²) in [7, 11) is -3.70. The first kappa shape index (κ1) is 38.9. The quantitative estimate of drug-likeness (QED) is 0.175.